The Hall–Kier alpha value is -2.18. The van der Waals surface area contributed by atoms with E-state index >= 15 is 0 Å². The number of anilines is 1. The fourth-order valence-electron chi connectivity index (χ4n) is 2.11. The van der Waals surface area contributed by atoms with Crippen molar-refractivity contribution in [2.45, 2.75) is 32.2 Å². The molecule has 0 saturated heterocycles. The minimum absolute atomic E-state index is 0.0495. The molecule has 1 aliphatic carbocycles. The summed E-state index contributed by atoms with van der Waals surface area (Å²) in [6.45, 7) is 2.08. The third kappa shape index (κ3) is 2.98. The summed E-state index contributed by atoms with van der Waals surface area (Å²) in [5.41, 5.74) is -0.382. The molecule has 0 radical (unpaired) electrons. The van der Waals surface area contributed by atoms with Gasteiger partial charge < -0.3 is 10.4 Å². The van der Waals surface area contributed by atoms with Gasteiger partial charge >= 0.3 is 11.7 Å². The quantitative estimate of drug-likeness (QED) is 0.603. The van der Waals surface area contributed by atoms with E-state index in [-0.39, 0.29) is 23.2 Å². The number of nitrogens with one attached hydrogen (secondary N) is 1. The Labute approximate surface area is 109 Å². The first kappa shape index (κ1) is 13.3. The molecular weight excluding hydrogens is 250 g/mol. The van der Waals surface area contributed by atoms with Gasteiger partial charge in [0.05, 0.1) is 4.92 Å². The van der Waals surface area contributed by atoms with Crippen molar-refractivity contribution >= 4 is 17.5 Å². The van der Waals surface area contributed by atoms with Crippen molar-refractivity contribution in [2.75, 3.05) is 5.32 Å². The van der Waals surface area contributed by atoms with Gasteiger partial charge in [0.1, 0.15) is 0 Å². The number of hydrogen-bond donors (Lipinski definition) is 2. The van der Waals surface area contributed by atoms with E-state index in [2.05, 4.69) is 17.2 Å². The van der Waals surface area contributed by atoms with Crippen molar-refractivity contribution in [1.29, 1.82) is 0 Å². The lowest BCUT2D eigenvalue weighted by atomic mass is 10.2. The highest BCUT2D eigenvalue weighted by molar-refractivity contribution is 5.86. The Morgan fingerprint density at radius 3 is 2.95 bits per heavy atom. The molecule has 1 aromatic rings. The van der Waals surface area contributed by atoms with Gasteiger partial charge in [0, 0.05) is 12.1 Å². The Kier molecular flexibility index (Phi) is 3.64. The Morgan fingerprint density at radius 2 is 2.37 bits per heavy atom. The second-order valence-electron chi connectivity index (χ2n) is 4.66. The number of carboxylic acid groups (broad SMARTS) is 1. The zero-order chi connectivity index (χ0) is 14.0. The molecule has 1 saturated carbocycles. The van der Waals surface area contributed by atoms with Gasteiger partial charge in [-0.05, 0) is 24.8 Å². The molecule has 0 aliphatic heterocycles. The SMILES string of the molecule is CCCC1CC1Nc1nc(C(=O)O)ccc1[N+](=O)[O-]. The molecule has 2 atom stereocenters. The van der Waals surface area contributed by atoms with Crippen LogP contribution < -0.4 is 5.32 Å². The number of nitrogens with zero attached hydrogens (tertiary/aromatic N) is 2. The molecule has 2 rings (SSSR count). The standard InChI is InChI=1S/C12H15N3O4/c1-2-3-7-6-9(7)14-11-10(15(18)19)5-4-8(13-11)12(16)17/h4-5,7,9H,2-3,6H2,1H3,(H,13,14)(H,16,17). The highest BCUT2D eigenvalue weighted by Gasteiger charge is 2.37. The highest BCUT2D eigenvalue weighted by Crippen LogP contribution is 2.38. The third-order valence-electron chi connectivity index (χ3n) is 3.19. The highest BCUT2D eigenvalue weighted by atomic mass is 16.6. The average Bonchev–Trinajstić information content (AvgIpc) is 3.07. The van der Waals surface area contributed by atoms with Crippen LogP contribution in [0.15, 0.2) is 12.1 Å². The normalized spacial score (nSPS) is 20.9. The molecular formula is C12H15N3O4. The van der Waals surface area contributed by atoms with Gasteiger partial charge in [0.2, 0.25) is 5.82 Å². The third-order valence-corrected chi connectivity index (χ3v) is 3.19. The number of aromatic nitrogens is 1. The van der Waals surface area contributed by atoms with Crippen LogP contribution in [0.4, 0.5) is 11.5 Å². The monoisotopic (exact) mass is 265 g/mol. The Balaban J connectivity index is 2.19. The van der Waals surface area contributed by atoms with Gasteiger partial charge in [0.25, 0.3) is 0 Å². The van der Waals surface area contributed by atoms with Crippen molar-refractivity contribution in [3.8, 4) is 0 Å². The van der Waals surface area contributed by atoms with E-state index in [1.807, 2.05) is 0 Å². The lowest BCUT2D eigenvalue weighted by molar-refractivity contribution is -0.384. The van der Waals surface area contributed by atoms with E-state index in [4.69, 9.17) is 5.11 Å². The van der Waals surface area contributed by atoms with Gasteiger partial charge in [-0.1, -0.05) is 13.3 Å². The van der Waals surface area contributed by atoms with E-state index < -0.39 is 10.9 Å². The molecule has 1 aliphatic rings. The summed E-state index contributed by atoms with van der Waals surface area (Å²) >= 11 is 0. The second kappa shape index (κ2) is 5.21. The molecule has 7 nitrogen and oxygen atoms in total. The first-order valence-corrected chi connectivity index (χ1v) is 6.18. The predicted molar refractivity (Wildman–Crippen MR) is 68.3 cm³/mol. The van der Waals surface area contributed by atoms with Gasteiger partial charge in [-0.2, -0.15) is 0 Å². The molecule has 2 N–H and O–H groups in total. The van der Waals surface area contributed by atoms with Crippen molar-refractivity contribution in [3.05, 3.63) is 27.9 Å². The molecule has 0 bridgehead atoms. The van der Waals surface area contributed by atoms with Crippen molar-refractivity contribution in [2.24, 2.45) is 5.92 Å². The fourth-order valence-corrected chi connectivity index (χ4v) is 2.11. The number of carboxylic acids is 1. The van der Waals surface area contributed by atoms with Crippen LogP contribution in [-0.2, 0) is 0 Å². The molecule has 1 aromatic heterocycles. The zero-order valence-corrected chi connectivity index (χ0v) is 10.5. The van der Waals surface area contributed by atoms with Crippen LogP contribution >= 0.6 is 0 Å². The largest absolute Gasteiger partial charge is 0.477 e. The van der Waals surface area contributed by atoms with Gasteiger partial charge in [-0.15, -0.1) is 0 Å². The number of hydrogen-bond acceptors (Lipinski definition) is 5. The fraction of sp³-hybridized carbons (Fsp3) is 0.500. The van der Waals surface area contributed by atoms with Crippen molar-refractivity contribution in [1.82, 2.24) is 4.98 Å². The summed E-state index contributed by atoms with van der Waals surface area (Å²) in [4.78, 5) is 25.0. The number of nitro groups is 1. The molecule has 7 heteroatoms. The summed E-state index contributed by atoms with van der Waals surface area (Å²) in [7, 11) is 0. The average molecular weight is 265 g/mol. The number of carbonyl (C=O) groups is 1. The summed E-state index contributed by atoms with van der Waals surface area (Å²) in [6.07, 6.45) is 3.07. The maximum absolute atomic E-state index is 10.9. The predicted octanol–water partition coefficient (Wildman–Crippen LogP) is 2.29. The lowest BCUT2D eigenvalue weighted by Crippen LogP contribution is -2.11. The second-order valence-corrected chi connectivity index (χ2v) is 4.66. The molecule has 102 valence electrons. The molecule has 1 heterocycles. The smallest absolute Gasteiger partial charge is 0.354 e. The number of aromatic carboxylic acids is 1. The lowest BCUT2D eigenvalue weighted by Gasteiger charge is -2.06. The summed E-state index contributed by atoms with van der Waals surface area (Å²) in [6, 6.07) is 2.48. The van der Waals surface area contributed by atoms with E-state index in [9.17, 15) is 14.9 Å². The summed E-state index contributed by atoms with van der Waals surface area (Å²) < 4.78 is 0. The maximum atomic E-state index is 10.9. The zero-order valence-electron chi connectivity index (χ0n) is 10.5. The van der Waals surface area contributed by atoms with E-state index in [1.165, 1.54) is 6.07 Å². The van der Waals surface area contributed by atoms with Crippen LogP contribution in [-0.4, -0.2) is 27.0 Å². The van der Waals surface area contributed by atoms with Crippen molar-refractivity contribution in [3.63, 3.8) is 0 Å². The van der Waals surface area contributed by atoms with E-state index in [0.717, 1.165) is 25.3 Å². The van der Waals surface area contributed by atoms with Crippen molar-refractivity contribution < 1.29 is 14.8 Å². The molecule has 19 heavy (non-hydrogen) atoms. The molecule has 2 unspecified atom stereocenters. The topological polar surface area (TPSA) is 105 Å². The number of pyridine rings is 1. The van der Waals surface area contributed by atoms with Gasteiger partial charge in [-0.25, -0.2) is 9.78 Å². The van der Waals surface area contributed by atoms with Crippen LogP contribution in [0.25, 0.3) is 0 Å². The van der Waals surface area contributed by atoms with Crippen LogP contribution in [0.2, 0.25) is 0 Å². The number of rotatable bonds is 6. The van der Waals surface area contributed by atoms with Crippen LogP contribution in [0, 0.1) is 16.0 Å². The minimum atomic E-state index is -1.20. The Morgan fingerprint density at radius 1 is 1.63 bits per heavy atom. The van der Waals surface area contributed by atoms with Gasteiger partial charge in [-0.3, -0.25) is 10.1 Å². The molecule has 0 amide bonds. The minimum Gasteiger partial charge on any atom is -0.477 e. The van der Waals surface area contributed by atoms with Crippen LogP contribution in [0.5, 0.6) is 0 Å². The summed E-state index contributed by atoms with van der Waals surface area (Å²) in [5.74, 6) is -0.646. The van der Waals surface area contributed by atoms with Crippen LogP contribution in [0.3, 0.4) is 0 Å². The Bertz CT molecular complexity index is 518. The molecule has 0 spiro atoms. The van der Waals surface area contributed by atoms with E-state index in [0.29, 0.717) is 5.92 Å². The van der Waals surface area contributed by atoms with Gasteiger partial charge in [0.15, 0.2) is 5.69 Å². The summed E-state index contributed by atoms with van der Waals surface area (Å²) in [5, 5.41) is 22.7. The molecule has 1 fully saturated rings. The van der Waals surface area contributed by atoms with Crippen LogP contribution in [0.1, 0.15) is 36.7 Å². The first-order chi connectivity index (χ1) is 9.02. The first-order valence-electron chi connectivity index (χ1n) is 6.18. The maximum Gasteiger partial charge on any atom is 0.354 e. The van der Waals surface area contributed by atoms with E-state index in [1.54, 1.807) is 0 Å². The molecule has 0 aromatic carbocycles.